The van der Waals surface area contributed by atoms with Crippen molar-refractivity contribution in [2.45, 2.75) is 58.3 Å². The molecule has 5 heteroatoms. The zero-order chi connectivity index (χ0) is 22.9. The van der Waals surface area contributed by atoms with Gasteiger partial charge in [0.05, 0.1) is 6.61 Å². The van der Waals surface area contributed by atoms with Gasteiger partial charge in [0.2, 0.25) is 11.8 Å². The highest BCUT2D eigenvalue weighted by molar-refractivity contribution is 5.87. The summed E-state index contributed by atoms with van der Waals surface area (Å²) in [7, 11) is 0. The first-order chi connectivity index (χ1) is 16.2. The van der Waals surface area contributed by atoms with E-state index in [9.17, 15) is 4.39 Å². The zero-order valence-electron chi connectivity index (χ0n) is 19.2. The molecule has 4 nitrogen and oxygen atoms in total. The van der Waals surface area contributed by atoms with Crippen LogP contribution in [0.1, 0.15) is 58.3 Å². The van der Waals surface area contributed by atoms with Crippen LogP contribution in [0.5, 0.6) is 5.75 Å². The Bertz CT molecular complexity index is 1150. The smallest absolute Gasteiger partial charge is 0.248 e. The fraction of sp³-hybridized carbons (Fsp3) is 0.357. The van der Waals surface area contributed by atoms with E-state index in [0.29, 0.717) is 17.3 Å². The lowest BCUT2D eigenvalue weighted by Gasteiger charge is -2.08. The highest BCUT2D eigenvalue weighted by Gasteiger charge is 2.11. The first-order valence-corrected chi connectivity index (χ1v) is 12.0. The maximum Gasteiger partial charge on any atom is 0.248 e. The van der Waals surface area contributed by atoms with Gasteiger partial charge in [0, 0.05) is 11.1 Å². The Balaban J connectivity index is 1.31. The molecular formula is C28H31FN2O2. The summed E-state index contributed by atoms with van der Waals surface area (Å²) >= 11 is 0. The summed E-state index contributed by atoms with van der Waals surface area (Å²) in [5.74, 6) is 1.41. The lowest BCUT2D eigenvalue weighted by atomic mass is 10.1. The van der Waals surface area contributed by atoms with Crippen LogP contribution in [0.25, 0.3) is 33.7 Å². The summed E-state index contributed by atoms with van der Waals surface area (Å²) in [5, 5.41) is 10.4. The fourth-order valence-electron chi connectivity index (χ4n) is 3.92. The molecule has 0 spiro atoms. The van der Waals surface area contributed by atoms with Gasteiger partial charge in [0.15, 0.2) is 0 Å². The van der Waals surface area contributed by atoms with Crippen molar-refractivity contribution in [2.24, 2.45) is 0 Å². The molecule has 1 heterocycles. The standard InChI is InChI=1S/C28H31FN2O2/c1-2-3-4-5-6-7-8-9-18-32-26-17-14-22-19-24(11-10-23(22)20-26)28-31-30-27(33-28)21-12-15-25(29)16-13-21/h10-17,19-20H,2-9,18H2,1H3. The number of rotatable bonds is 12. The number of nitrogens with zero attached hydrogens (tertiary/aromatic N) is 2. The number of unbranched alkanes of at least 4 members (excludes halogenated alkanes) is 7. The first-order valence-electron chi connectivity index (χ1n) is 12.0. The Morgan fingerprint density at radius 2 is 1.30 bits per heavy atom. The summed E-state index contributed by atoms with van der Waals surface area (Å²) in [6.07, 6.45) is 10.3. The molecule has 0 unspecified atom stereocenters. The molecule has 0 amide bonds. The summed E-state index contributed by atoms with van der Waals surface area (Å²) in [6.45, 7) is 3.01. The van der Waals surface area contributed by atoms with Gasteiger partial charge in [-0.15, -0.1) is 10.2 Å². The molecule has 4 rings (SSSR count). The van der Waals surface area contributed by atoms with Crippen molar-refractivity contribution in [3.05, 3.63) is 66.5 Å². The molecule has 3 aromatic carbocycles. The molecule has 0 aliphatic heterocycles. The molecule has 0 aliphatic rings. The second kappa shape index (κ2) is 11.6. The number of halogens is 1. The van der Waals surface area contributed by atoms with Crippen LogP contribution in [0.4, 0.5) is 4.39 Å². The second-order valence-corrected chi connectivity index (χ2v) is 8.47. The third-order valence-corrected chi connectivity index (χ3v) is 5.84. The van der Waals surface area contributed by atoms with Gasteiger partial charge in [0.1, 0.15) is 11.6 Å². The van der Waals surface area contributed by atoms with E-state index < -0.39 is 0 Å². The average Bonchev–Trinajstić information content (AvgIpc) is 3.33. The van der Waals surface area contributed by atoms with E-state index in [1.165, 1.54) is 57.1 Å². The van der Waals surface area contributed by atoms with Crippen LogP contribution in [0.15, 0.2) is 65.1 Å². The van der Waals surface area contributed by atoms with Gasteiger partial charge >= 0.3 is 0 Å². The molecular weight excluding hydrogens is 415 g/mol. The molecule has 0 saturated heterocycles. The van der Waals surface area contributed by atoms with Crippen LogP contribution in [-0.2, 0) is 0 Å². The predicted octanol–water partition coefficient (Wildman–Crippen LogP) is 8.22. The molecule has 33 heavy (non-hydrogen) atoms. The summed E-state index contributed by atoms with van der Waals surface area (Å²) in [4.78, 5) is 0. The van der Waals surface area contributed by atoms with Gasteiger partial charge in [-0.1, -0.05) is 64.0 Å². The van der Waals surface area contributed by atoms with Crippen molar-refractivity contribution >= 4 is 10.8 Å². The molecule has 0 aliphatic carbocycles. The number of fused-ring (bicyclic) bond motifs is 1. The number of hydrogen-bond donors (Lipinski definition) is 0. The molecule has 0 fully saturated rings. The van der Waals surface area contributed by atoms with E-state index in [1.54, 1.807) is 12.1 Å². The summed E-state index contributed by atoms with van der Waals surface area (Å²) in [6, 6.07) is 18.2. The predicted molar refractivity (Wildman–Crippen MR) is 131 cm³/mol. The summed E-state index contributed by atoms with van der Waals surface area (Å²) < 4.78 is 24.9. The van der Waals surface area contributed by atoms with E-state index in [0.717, 1.165) is 35.1 Å². The van der Waals surface area contributed by atoms with Crippen LogP contribution in [0, 0.1) is 5.82 Å². The van der Waals surface area contributed by atoms with E-state index in [2.05, 4.69) is 29.3 Å². The molecule has 172 valence electrons. The van der Waals surface area contributed by atoms with Gasteiger partial charge in [-0.2, -0.15) is 0 Å². The normalized spacial score (nSPS) is 11.2. The van der Waals surface area contributed by atoms with Gasteiger partial charge < -0.3 is 9.15 Å². The van der Waals surface area contributed by atoms with E-state index in [4.69, 9.17) is 9.15 Å². The van der Waals surface area contributed by atoms with Crippen LogP contribution >= 0.6 is 0 Å². The van der Waals surface area contributed by atoms with Crippen molar-refractivity contribution in [1.82, 2.24) is 10.2 Å². The van der Waals surface area contributed by atoms with Crippen molar-refractivity contribution in [3.8, 4) is 28.7 Å². The molecule has 0 saturated carbocycles. The van der Waals surface area contributed by atoms with Crippen molar-refractivity contribution < 1.29 is 13.5 Å². The Kier molecular flexibility index (Phi) is 8.07. The Morgan fingerprint density at radius 1 is 0.697 bits per heavy atom. The molecule has 4 aromatic rings. The summed E-state index contributed by atoms with van der Waals surface area (Å²) in [5.41, 5.74) is 1.53. The highest BCUT2D eigenvalue weighted by atomic mass is 19.1. The van der Waals surface area contributed by atoms with Gasteiger partial charge in [-0.25, -0.2) is 4.39 Å². The van der Waals surface area contributed by atoms with E-state index in [-0.39, 0.29) is 5.82 Å². The maximum absolute atomic E-state index is 13.1. The fourth-order valence-corrected chi connectivity index (χ4v) is 3.92. The topological polar surface area (TPSA) is 48.2 Å². The quantitative estimate of drug-likeness (QED) is 0.206. The van der Waals surface area contributed by atoms with Crippen molar-refractivity contribution in [1.29, 1.82) is 0 Å². The lowest BCUT2D eigenvalue weighted by molar-refractivity contribution is 0.304. The molecule has 0 radical (unpaired) electrons. The molecule has 0 bridgehead atoms. The van der Waals surface area contributed by atoms with Crippen molar-refractivity contribution in [2.75, 3.05) is 6.61 Å². The minimum Gasteiger partial charge on any atom is -0.494 e. The Hall–Kier alpha value is -3.21. The lowest BCUT2D eigenvalue weighted by Crippen LogP contribution is -1.97. The van der Waals surface area contributed by atoms with Crippen LogP contribution in [-0.4, -0.2) is 16.8 Å². The highest BCUT2D eigenvalue weighted by Crippen LogP contribution is 2.28. The van der Waals surface area contributed by atoms with Gasteiger partial charge in [-0.3, -0.25) is 0 Å². The minimum absolute atomic E-state index is 0.297. The van der Waals surface area contributed by atoms with Crippen molar-refractivity contribution in [3.63, 3.8) is 0 Å². The number of benzene rings is 3. The maximum atomic E-state index is 13.1. The number of aromatic nitrogens is 2. The third-order valence-electron chi connectivity index (χ3n) is 5.84. The van der Waals surface area contributed by atoms with E-state index >= 15 is 0 Å². The second-order valence-electron chi connectivity index (χ2n) is 8.47. The Morgan fingerprint density at radius 3 is 2.06 bits per heavy atom. The largest absolute Gasteiger partial charge is 0.494 e. The SMILES string of the molecule is CCCCCCCCCCOc1ccc2cc(-c3nnc(-c4ccc(F)cc4)o3)ccc2c1. The minimum atomic E-state index is -0.297. The van der Waals surface area contributed by atoms with Crippen LogP contribution in [0.2, 0.25) is 0 Å². The number of hydrogen-bond acceptors (Lipinski definition) is 4. The molecule has 0 N–H and O–H groups in total. The van der Waals surface area contributed by atoms with Crippen LogP contribution < -0.4 is 4.74 Å². The third kappa shape index (κ3) is 6.41. The Labute approximate surface area is 194 Å². The molecule has 1 aromatic heterocycles. The number of ether oxygens (including phenoxy) is 1. The van der Waals surface area contributed by atoms with Gasteiger partial charge in [-0.05, 0) is 65.7 Å². The monoisotopic (exact) mass is 446 g/mol. The zero-order valence-corrected chi connectivity index (χ0v) is 19.2. The molecule has 0 atom stereocenters. The van der Waals surface area contributed by atoms with Crippen LogP contribution in [0.3, 0.4) is 0 Å². The average molecular weight is 447 g/mol. The van der Waals surface area contributed by atoms with E-state index in [1.807, 2.05) is 24.3 Å². The first kappa shape index (κ1) is 23.0. The van der Waals surface area contributed by atoms with Gasteiger partial charge in [0.25, 0.3) is 0 Å².